The molecule has 4 aliphatic rings. The first-order chi connectivity index (χ1) is 14.8. The molecule has 7 atom stereocenters. The smallest absolute Gasteiger partial charge is 0.323 e. The van der Waals surface area contributed by atoms with Crippen LogP contribution in [-0.2, 0) is 14.4 Å². The molecule has 7 nitrogen and oxygen atoms in total. The maximum Gasteiger partial charge on any atom is 0.323 e. The summed E-state index contributed by atoms with van der Waals surface area (Å²) in [6.45, 7) is -0.566. The normalized spacial score (nSPS) is 35.3. The highest BCUT2D eigenvalue weighted by Gasteiger charge is 2.69. The van der Waals surface area contributed by atoms with Gasteiger partial charge in [-0.05, 0) is 41.9 Å². The molecule has 0 unspecified atom stereocenters. The maximum absolute atomic E-state index is 13.1. The number of nitrogens with one attached hydrogen (secondary N) is 1. The van der Waals surface area contributed by atoms with Crippen LogP contribution in [0.25, 0.3) is 0 Å². The number of aliphatic carboxylic acids is 1. The van der Waals surface area contributed by atoms with E-state index in [1.165, 1.54) is 11.3 Å². The van der Waals surface area contributed by atoms with Gasteiger partial charge in [-0.2, -0.15) is 0 Å². The van der Waals surface area contributed by atoms with E-state index in [9.17, 15) is 19.2 Å². The number of halogens is 1. The average Bonchev–Trinajstić information content (AvgIpc) is 3.44. The Morgan fingerprint density at radius 3 is 2.48 bits per heavy atom. The Hall–Kier alpha value is -1.91. The predicted octanol–water partition coefficient (Wildman–Crippen LogP) is 2.76. The summed E-state index contributed by atoms with van der Waals surface area (Å²) in [5, 5.41) is 10.1. The van der Waals surface area contributed by atoms with Crippen LogP contribution < -0.4 is 4.87 Å². The zero-order chi connectivity index (χ0) is 21.6. The van der Waals surface area contributed by atoms with Crippen LogP contribution in [0.5, 0.6) is 0 Å². The van der Waals surface area contributed by atoms with E-state index in [2.05, 4.69) is 33.0 Å². The molecular weight excluding hydrogens is 504 g/mol. The van der Waals surface area contributed by atoms with Crippen molar-refractivity contribution >= 4 is 56.8 Å². The number of fused-ring (bicyclic) bond motifs is 9. The third-order valence-electron chi connectivity index (χ3n) is 7.34. The van der Waals surface area contributed by atoms with Gasteiger partial charge in [-0.1, -0.05) is 39.4 Å². The molecule has 6 rings (SSSR count). The SMILES string of the molecule is O=C(O)CN1C(=O)[C@@H]2[C@@H]3C[C@H]([C@H]2C1=O)[C@H]1[C@H](c2ccc(Br)cc2)c2sc(=O)[nH]c2S[C@@H]31. The molecule has 10 heteroatoms. The quantitative estimate of drug-likeness (QED) is 0.602. The average molecular weight is 521 g/mol. The Bertz CT molecular complexity index is 1190. The Balaban J connectivity index is 1.45. The molecule has 2 bridgehead atoms. The number of thiazole rings is 1. The fraction of sp³-hybridized carbons (Fsp3) is 0.429. The molecule has 2 amide bonds. The summed E-state index contributed by atoms with van der Waals surface area (Å²) >= 11 is 6.33. The molecule has 3 fully saturated rings. The minimum Gasteiger partial charge on any atom is -0.480 e. The molecule has 1 aromatic carbocycles. The molecule has 0 spiro atoms. The van der Waals surface area contributed by atoms with Crippen molar-refractivity contribution in [2.75, 3.05) is 6.54 Å². The highest BCUT2D eigenvalue weighted by atomic mass is 79.9. The molecule has 1 aromatic heterocycles. The van der Waals surface area contributed by atoms with Gasteiger partial charge in [0.1, 0.15) is 6.54 Å². The number of likely N-dealkylation sites (tertiary alicyclic amines) is 1. The van der Waals surface area contributed by atoms with Crippen molar-refractivity contribution in [3.8, 4) is 0 Å². The summed E-state index contributed by atoms with van der Waals surface area (Å²) in [6.07, 6.45) is 0.794. The molecule has 3 heterocycles. The molecule has 2 aliphatic heterocycles. The number of carbonyl (C=O) groups is 3. The first-order valence-electron chi connectivity index (χ1n) is 10.1. The van der Waals surface area contributed by atoms with E-state index >= 15 is 0 Å². The van der Waals surface area contributed by atoms with Crippen LogP contribution in [0.2, 0.25) is 0 Å². The third kappa shape index (κ3) is 2.70. The lowest BCUT2D eigenvalue weighted by Gasteiger charge is -2.43. The van der Waals surface area contributed by atoms with E-state index in [0.29, 0.717) is 0 Å². The molecule has 2 N–H and O–H groups in total. The first-order valence-corrected chi connectivity index (χ1v) is 12.6. The minimum atomic E-state index is -1.17. The number of imide groups is 1. The van der Waals surface area contributed by atoms with Crippen LogP contribution in [0, 0.1) is 29.6 Å². The van der Waals surface area contributed by atoms with Crippen LogP contribution in [0.3, 0.4) is 0 Å². The van der Waals surface area contributed by atoms with Gasteiger partial charge in [0.25, 0.3) is 0 Å². The molecule has 160 valence electrons. The van der Waals surface area contributed by atoms with Crippen molar-refractivity contribution in [2.45, 2.75) is 22.6 Å². The Morgan fingerprint density at radius 1 is 1.13 bits per heavy atom. The van der Waals surface area contributed by atoms with Crippen molar-refractivity contribution in [1.82, 2.24) is 9.88 Å². The summed E-state index contributed by atoms with van der Waals surface area (Å²) < 4.78 is 0.967. The second-order valence-corrected chi connectivity index (χ2v) is 11.8. The monoisotopic (exact) mass is 520 g/mol. The number of carboxylic acids is 1. The van der Waals surface area contributed by atoms with Crippen LogP contribution in [-0.4, -0.2) is 44.6 Å². The number of H-pyrrole nitrogens is 1. The van der Waals surface area contributed by atoms with E-state index in [1.807, 2.05) is 12.1 Å². The number of amides is 2. The van der Waals surface area contributed by atoms with Gasteiger partial charge in [-0.3, -0.25) is 24.1 Å². The first kappa shape index (κ1) is 19.8. The standard InChI is InChI=1S/C21H17BrN2O5S2/c22-8-3-1-7(2-4-8)12-13-9-5-10(16(13)30-18-17(12)31-21(29)23-18)15-14(9)19(27)24(20(15)28)6-11(25)26/h1-4,9-10,12-16H,5-6H2,(H,23,29)(H,25,26)/t9-,10-,12-,13-,14+,15+,16-/m0/s1. The largest absolute Gasteiger partial charge is 0.480 e. The van der Waals surface area contributed by atoms with Gasteiger partial charge in [-0.25, -0.2) is 0 Å². The maximum atomic E-state index is 13.1. The summed E-state index contributed by atoms with van der Waals surface area (Å²) in [7, 11) is 0. The molecule has 0 radical (unpaired) electrons. The van der Waals surface area contributed by atoms with E-state index in [4.69, 9.17) is 5.11 Å². The topological polar surface area (TPSA) is 108 Å². The van der Waals surface area contributed by atoms with Crippen molar-refractivity contribution in [3.05, 3.63) is 48.8 Å². The molecular formula is C21H17BrN2O5S2. The molecule has 1 saturated heterocycles. The predicted molar refractivity (Wildman–Crippen MR) is 117 cm³/mol. The minimum absolute atomic E-state index is 0.00161. The fourth-order valence-electron chi connectivity index (χ4n) is 6.41. The van der Waals surface area contributed by atoms with Gasteiger partial charge in [0.2, 0.25) is 11.8 Å². The van der Waals surface area contributed by atoms with Crippen molar-refractivity contribution in [3.63, 3.8) is 0 Å². The summed E-state index contributed by atoms with van der Waals surface area (Å²) in [6, 6.07) is 8.07. The van der Waals surface area contributed by atoms with E-state index in [1.54, 1.807) is 11.8 Å². The molecule has 2 aromatic rings. The number of hydrogen-bond donors (Lipinski definition) is 2. The number of benzene rings is 1. The number of rotatable bonds is 3. The Kier molecular flexibility index (Phi) is 4.33. The summed E-state index contributed by atoms with van der Waals surface area (Å²) in [5.41, 5.74) is 1.10. The highest BCUT2D eigenvalue weighted by Crippen LogP contribution is 2.68. The van der Waals surface area contributed by atoms with Crippen molar-refractivity contribution < 1.29 is 19.5 Å². The molecule has 2 aliphatic carbocycles. The lowest BCUT2D eigenvalue weighted by atomic mass is 9.68. The molecule has 2 saturated carbocycles. The number of hydrogen-bond acceptors (Lipinski definition) is 6. The van der Waals surface area contributed by atoms with Gasteiger partial charge in [-0.15, -0.1) is 11.8 Å². The van der Waals surface area contributed by atoms with E-state index in [0.717, 1.165) is 31.3 Å². The van der Waals surface area contributed by atoms with Gasteiger partial charge in [0.05, 0.1) is 16.9 Å². The fourth-order valence-corrected chi connectivity index (χ4v) is 9.57. The third-order valence-corrected chi connectivity index (χ3v) is 10.5. The highest BCUT2D eigenvalue weighted by molar-refractivity contribution is 9.10. The van der Waals surface area contributed by atoms with Gasteiger partial charge >= 0.3 is 10.8 Å². The van der Waals surface area contributed by atoms with Crippen LogP contribution >= 0.6 is 39.0 Å². The van der Waals surface area contributed by atoms with Crippen LogP contribution in [0.15, 0.2) is 38.6 Å². The number of aromatic nitrogens is 1. The lowest BCUT2D eigenvalue weighted by molar-refractivity contribution is -0.149. The number of carboxylic acid groups (broad SMARTS) is 1. The van der Waals surface area contributed by atoms with E-state index in [-0.39, 0.29) is 45.6 Å². The number of aromatic amines is 1. The van der Waals surface area contributed by atoms with Crippen LogP contribution in [0.4, 0.5) is 0 Å². The zero-order valence-corrected chi connectivity index (χ0v) is 19.2. The van der Waals surface area contributed by atoms with E-state index < -0.39 is 24.3 Å². The zero-order valence-electron chi connectivity index (χ0n) is 16.0. The van der Waals surface area contributed by atoms with Gasteiger partial charge < -0.3 is 10.1 Å². The van der Waals surface area contributed by atoms with Crippen molar-refractivity contribution in [2.24, 2.45) is 29.6 Å². The number of carbonyl (C=O) groups excluding carboxylic acids is 2. The lowest BCUT2D eigenvalue weighted by Crippen LogP contribution is -2.42. The van der Waals surface area contributed by atoms with Crippen molar-refractivity contribution in [1.29, 1.82) is 0 Å². The summed E-state index contributed by atoms with van der Waals surface area (Å²) in [5.74, 6) is -2.63. The Labute approximate surface area is 193 Å². The molecule has 31 heavy (non-hydrogen) atoms. The second kappa shape index (κ2) is 6.79. The summed E-state index contributed by atoms with van der Waals surface area (Å²) in [4.78, 5) is 54.4. The van der Waals surface area contributed by atoms with Crippen LogP contribution in [0.1, 0.15) is 22.8 Å². The van der Waals surface area contributed by atoms with Gasteiger partial charge in [0.15, 0.2) is 0 Å². The second-order valence-electron chi connectivity index (χ2n) is 8.67. The number of nitrogens with zero attached hydrogens (tertiary/aromatic N) is 1. The van der Waals surface area contributed by atoms with Gasteiger partial charge in [0, 0.05) is 20.5 Å². The number of thioether (sulfide) groups is 1. The Morgan fingerprint density at radius 2 is 1.81 bits per heavy atom.